The van der Waals surface area contributed by atoms with E-state index in [4.69, 9.17) is 4.74 Å². The number of carbonyl (C=O) groups is 1. The Morgan fingerprint density at radius 1 is 1.35 bits per heavy atom. The van der Waals surface area contributed by atoms with Gasteiger partial charge in [-0.1, -0.05) is 30.3 Å². The number of rotatable bonds is 5. The highest BCUT2D eigenvalue weighted by atomic mass is 16.5. The molecule has 2 rings (SSSR count). The van der Waals surface area contributed by atoms with E-state index in [0.717, 1.165) is 6.42 Å². The number of hydrogen-bond acceptors (Lipinski definition) is 2. The Hall–Kier alpha value is -1.15. The summed E-state index contributed by atoms with van der Waals surface area (Å²) in [5, 5.41) is 0. The fourth-order valence-electron chi connectivity index (χ4n) is 2.24. The number of carbonyl (C=O) groups excluding carboxylic acids is 1. The van der Waals surface area contributed by atoms with Crippen LogP contribution in [0.5, 0.6) is 0 Å². The Kier molecular flexibility index (Phi) is 3.34. The summed E-state index contributed by atoms with van der Waals surface area (Å²) in [5.41, 5.74) is 0.960. The molecule has 0 saturated heterocycles. The molecule has 0 N–H and O–H groups in total. The molecule has 1 aliphatic rings. The van der Waals surface area contributed by atoms with Gasteiger partial charge in [0.1, 0.15) is 5.78 Å². The third kappa shape index (κ3) is 2.95. The van der Waals surface area contributed by atoms with Gasteiger partial charge in [-0.15, -0.1) is 0 Å². The van der Waals surface area contributed by atoms with Crippen molar-refractivity contribution in [1.29, 1.82) is 0 Å². The molecule has 1 fully saturated rings. The summed E-state index contributed by atoms with van der Waals surface area (Å²) in [6.45, 7) is 3.93. The average molecular weight is 232 g/mol. The monoisotopic (exact) mass is 232 g/mol. The molecule has 17 heavy (non-hydrogen) atoms. The van der Waals surface area contributed by atoms with Crippen LogP contribution in [0.15, 0.2) is 30.3 Å². The zero-order valence-corrected chi connectivity index (χ0v) is 10.8. The second-order valence-electron chi connectivity index (χ2n) is 5.47. The van der Waals surface area contributed by atoms with Crippen molar-refractivity contribution in [2.75, 3.05) is 7.11 Å². The van der Waals surface area contributed by atoms with E-state index in [2.05, 4.69) is 12.1 Å². The van der Waals surface area contributed by atoms with Crippen LogP contribution in [0.4, 0.5) is 0 Å². The Morgan fingerprint density at radius 3 is 2.59 bits per heavy atom. The Balaban J connectivity index is 1.93. The van der Waals surface area contributed by atoms with Gasteiger partial charge in [-0.05, 0) is 31.7 Å². The van der Waals surface area contributed by atoms with Gasteiger partial charge in [-0.2, -0.15) is 0 Å². The first-order chi connectivity index (χ1) is 8.03. The minimum Gasteiger partial charge on any atom is -0.378 e. The molecule has 1 saturated carbocycles. The van der Waals surface area contributed by atoms with Gasteiger partial charge in [0.05, 0.1) is 5.60 Å². The van der Waals surface area contributed by atoms with Crippen LogP contribution in [0.2, 0.25) is 0 Å². The molecule has 2 atom stereocenters. The maximum absolute atomic E-state index is 12.1. The summed E-state index contributed by atoms with van der Waals surface area (Å²) in [6, 6.07) is 10.3. The molecule has 0 bridgehead atoms. The SMILES string of the molecule is COC(C)(C)CC(=O)C1CC1c1ccccc1. The zero-order chi connectivity index (χ0) is 12.5. The van der Waals surface area contributed by atoms with Crippen molar-refractivity contribution in [1.82, 2.24) is 0 Å². The van der Waals surface area contributed by atoms with Crippen molar-refractivity contribution < 1.29 is 9.53 Å². The smallest absolute Gasteiger partial charge is 0.139 e. The summed E-state index contributed by atoms with van der Waals surface area (Å²) in [6.07, 6.45) is 1.51. The van der Waals surface area contributed by atoms with E-state index in [9.17, 15) is 4.79 Å². The number of benzene rings is 1. The predicted molar refractivity (Wildman–Crippen MR) is 68.0 cm³/mol. The summed E-state index contributed by atoms with van der Waals surface area (Å²) in [4.78, 5) is 12.1. The van der Waals surface area contributed by atoms with Crippen LogP contribution in [-0.2, 0) is 9.53 Å². The molecule has 0 amide bonds. The lowest BCUT2D eigenvalue weighted by Gasteiger charge is -2.21. The normalized spacial score (nSPS) is 23.5. The maximum Gasteiger partial charge on any atom is 0.139 e. The number of Topliss-reactive ketones (excluding diaryl/α,β-unsaturated/α-hetero) is 1. The van der Waals surface area contributed by atoms with Crippen molar-refractivity contribution in [2.24, 2.45) is 5.92 Å². The van der Waals surface area contributed by atoms with Crippen molar-refractivity contribution in [3.8, 4) is 0 Å². The van der Waals surface area contributed by atoms with E-state index in [-0.39, 0.29) is 11.5 Å². The summed E-state index contributed by atoms with van der Waals surface area (Å²) in [5.74, 6) is 0.994. The molecular weight excluding hydrogens is 212 g/mol. The van der Waals surface area contributed by atoms with Crippen LogP contribution in [-0.4, -0.2) is 18.5 Å². The third-order valence-corrected chi connectivity index (χ3v) is 3.58. The van der Waals surface area contributed by atoms with Gasteiger partial charge in [0.25, 0.3) is 0 Å². The summed E-state index contributed by atoms with van der Waals surface area (Å²) < 4.78 is 5.31. The van der Waals surface area contributed by atoms with Gasteiger partial charge in [0.2, 0.25) is 0 Å². The highest BCUT2D eigenvalue weighted by Crippen LogP contribution is 2.48. The average Bonchev–Trinajstić information content (AvgIpc) is 3.10. The lowest BCUT2D eigenvalue weighted by Crippen LogP contribution is -2.27. The summed E-state index contributed by atoms with van der Waals surface area (Å²) >= 11 is 0. The molecule has 0 spiro atoms. The van der Waals surface area contributed by atoms with Gasteiger partial charge in [-0.25, -0.2) is 0 Å². The topological polar surface area (TPSA) is 26.3 Å². The summed E-state index contributed by atoms with van der Waals surface area (Å²) in [7, 11) is 1.66. The van der Waals surface area contributed by atoms with Crippen molar-refractivity contribution in [3.05, 3.63) is 35.9 Å². The lowest BCUT2D eigenvalue weighted by atomic mass is 9.97. The molecule has 0 heterocycles. The molecule has 0 aromatic heterocycles. The van der Waals surface area contributed by atoms with Crippen LogP contribution in [0.3, 0.4) is 0 Å². The van der Waals surface area contributed by atoms with Gasteiger partial charge >= 0.3 is 0 Å². The first-order valence-electron chi connectivity index (χ1n) is 6.16. The number of hydrogen-bond donors (Lipinski definition) is 0. The Bertz CT molecular complexity index is 395. The molecule has 92 valence electrons. The molecule has 2 unspecified atom stereocenters. The minimum atomic E-state index is -0.332. The molecule has 2 heteroatoms. The number of ketones is 1. The second kappa shape index (κ2) is 4.61. The first-order valence-corrected chi connectivity index (χ1v) is 6.16. The van der Waals surface area contributed by atoms with Gasteiger partial charge < -0.3 is 4.74 Å². The van der Waals surface area contributed by atoms with Crippen molar-refractivity contribution in [3.63, 3.8) is 0 Å². The first kappa shape index (κ1) is 12.3. The van der Waals surface area contributed by atoms with E-state index in [0.29, 0.717) is 18.1 Å². The molecule has 1 aromatic rings. The molecule has 0 radical (unpaired) electrons. The maximum atomic E-state index is 12.1. The standard InChI is InChI=1S/C15H20O2/c1-15(2,17-3)10-14(16)13-9-12(13)11-7-5-4-6-8-11/h4-8,12-13H,9-10H2,1-3H3. The van der Waals surface area contributed by atoms with Gasteiger partial charge in [-0.3, -0.25) is 4.79 Å². The molecule has 1 aliphatic carbocycles. The van der Waals surface area contributed by atoms with E-state index >= 15 is 0 Å². The largest absolute Gasteiger partial charge is 0.378 e. The third-order valence-electron chi connectivity index (χ3n) is 3.58. The predicted octanol–water partition coefficient (Wildman–Crippen LogP) is 3.17. The fraction of sp³-hybridized carbons (Fsp3) is 0.533. The highest BCUT2D eigenvalue weighted by molar-refractivity contribution is 5.85. The minimum absolute atomic E-state index is 0.215. The lowest BCUT2D eigenvalue weighted by molar-refractivity contribution is -0.125. The van der Waals surface area contributed by atoms with Crippen LogP contribution < -0.4 is 0 Å². The van der Waals surface area contributed by atoms with Crippen LogP contribution in [0, 0.1) is 5.92 Å². The highest BCUT2D eigenvalue weighted by Gasteiger charge is 2.44. The fourth-order valence-corrected chi connectivity index (χ4v) is 2.24. The van der Waals surface area contributed by atoms with Crippen LogP contribution >= 0.6 is 0 Å². The molecule has 2 nitrogen and oxygen atoms in total. The molecular formula is C15H20O2. The number of methoxy groups -OCH3 is 1. The quantitative estimate of drug-likeness (QED) is 0.779. The molecule has 1 aromatic carbocycles. The van der Waals surface area contributed by atoms with Crippen LogP contribution in [0.25, 0.3) is 0 Å². The van der Waals surface area contributed by atoms with E-state index < -0.39 is 0 Å². The van der Waals surface area contributed by atoms with Crippen molar-refractivity contribution in [2.45, 2.75) is 38.2 Å². The van der Waals surface area contributed by atoms with Crippen LogP contribution in [0.1, 0.15) is 38.2 Å². The van der Waals surface area contributed by atoms with E-state index in [1.165, 1.54) is 5.56 Å². The zero-order valence-electron chi connectivity index (χ0n) is 10.8. The van der Waals surface area contributed by atoms with Gasteiger partial charge in [0.15, 0.2) is 0 Å². The van der Waals surface area contributed by atoms with Gasteiger partial charge in [0, 0.05) is 19.4 Å². The Morgan fingerprint density at radius 2 is 2.00 bits per heavy atom. The Labute approximate surface area is 103 Å². The molecule has 0 aliphatic heterocycles. The second-order valence-corrected chi connectivity index (χ2v) is 5.47. The number of ether oxygens (including phenoxy) is 1. The van der Waals surface area contributed by atoms with Crippen molar-refractivity contribution >= 4 is 5.78 Å². The van der Waals surface area contributed by atoms with E-state index in [1.807, 2.05) is 32.0 Å². The van der Waals surface area contributed by atoms with E-state index in [1.54, 1.807) is 7.11 Å².